The molecule has 1 unspecified atom stereocenters. The third kappa shape index (κ3) is 4.93. The Morgan fingerprint density at radius 1 is 1.25 bits per heavy atom. The second kappa shape index (κ2) is 10.2. The Balaban J connectivity index is 1.54. The van der Waals surface area contributed by atoms with Crippen molar-refractivity contribution in [1.29, 1.82) is 0 Å². The van der Waals surface area contributed by atoms with Crippen LogP contribution in [0.15, 0.2) is 53.5 Å². The molecule has 0 saturated carbocycles. The van der Waals surface area contributed by atoms with Gasteiger partial charge in [0.05, 0.1) is 18.9 Å². The maximum atomic E-state index is 13.7. The minimum atomic E-state index is -1.19. The van der Waals surface area contributed by atoms with E-state index in [-0.39, 0.29) is 23.8 Å². The first kappa shape index (κ1) is 24.9. The van der Waals surface area contributed by atoms with Crippen LogP contribution in [0.25, 0.3) is 11.1 Å². The summed E-state index contributed by atoms with van der Waals surface area (Å²) in [6.45, 7) is 1.87. The van der Waals surface area contributed by atoms with E-state index in [1.807, 2.05) is 6.92 Å². The van der Waals surface area contributed by atoms with E-state index < -0.39 is 18.0 Å². The van der Waals surface area contributed by atoms with Crippen LogP contribution in [-0.2, 0) is 24.7 Å². The number of hydrogen-bond donors (Lipinski definition) is 2. The summed E-state index contributed by atoms with van der Waals surface area (Å²) in [7, 11) is 2.99. The van der Waals surface area contributed by atoms with Gasteiger partial charge in [-0.3, -0.25) is 9.69 Å². The van der Waals surface area contributed by atoms with Gasteiger partial charge in [0, 0.05) is 25.2 Å². The Morgan fingerprint density at radius 2 is 1.97 bits per heavy atom. The van der Waals surface area contributed by atoms with Crippen molar-refractivity contribution in [3.05, 3.63) is 76.0 Å². The number of benzene rings is 2. The van der Waals surface area contributed by atoms with E-state index in [4.69, 9.17) is 4.74 Å². The smallest absolute Gasteiger partial charge is 0.326 e. The molecule has 1 aliphatic rings. The molecule has 2 N–H and O–H groups in total. The van der Waals surface area contributed by atoms with Gasteiger partial charge in [0.1, 0.15) is 11.9 Å². The molecule has 0 saturated heterocycles. The maximum absolute atomic E-state index is 13.7. The Bertz CT molecular complexity index is 1360. The van der Waals surface area contributed by atoms with Crippen LogP contribution in [0.3, 0.4) is 0 Å². The molecule has 36 heavy (non-hydrogen) atoms. The van der Waals surface area contributed by atoms with Gasteiger partial charge in [-0.05, 0) is 54.7 Å². The van der Waals surface area contributed by atoms with Gasteiger partial charge in [0.2, 0.25) is 0 Å². The molecule has 188 valence electrons. The number of aliphatic carboxylic acids is 1. The summed E-state index contributed by atoms with van der Waals surface area (Å²) in [5, 5.41) is 16.4. The number of fused-ring (bicyclic) bond motifs is 1. The molecule has 1 aliphatic heterocycles. The first-order valence-electron chi connectivity index (χ1n) is 11.5. The summed E-state index contributed by atoms with van der Waals surface area (Å²) in [6.07, 6.45) is 2.76. The fraction of sp³-hybridized carbons (Fsp3) is 0.308. The highest BCUT2D eigenvalue weighted by atomic mass is 19.1. The Kier molecular flexibility index (Phi) is 7.05. The maximum Gasteiger partial charge on any atom is 0.326 e. The Morgan fingerprint density at radius 3 is 2.64 bits per heavy atom. The first-order chi connectivity index (χ1) is 17.2. The van der Waals surface area contributed by atoms with Crippen molar-refractivity contribution in [2.75, 3.05) is 12.0 Å². The molecule has 1 aromatic heterocycles. The van der Waals surface area contributed by atoms with E-state index in [9.17, 15) is 23.9 Å². The number of aromatic nitrogens is 2. The lowest BCUT2D eigenvalue weighted by molar-refractivity contribution is -0.139. The number of halogens is 1. The molecule has 2 atom stereocenters. The average Bonchev–Trinajstić information content (AvgIpc) is 2.85. The quantitative estimate of drug-likeness (QED) is 0.544. The number of urea groups is 1. The van der Waals surface area contributed by atoms with Crippen molar-refractivity contribution in [3.63, 3.8) is 0 Å². The molecule has 0 spiro atoms. The molecule has 3 aromatic rings. The van der Waals surface area contributed by atoms with E-state index in [2.05, 4.69) is 10.4 Å². The van der Waals surface area contributed by atoms with Crippen LogP contribution >= 0.6 is 0 Å². The van der Waals surface area contributed by atoms with Crippen LogP contribution in [-0.4, -0.2) is 46.1 Å². The highest BCUT2D eigenvalue weighted by Gasteiger charge is 2.31. The number of carboxylic acids is 1. The van der Waals surface area contributed by atoms with Gasteiger partial charge >= 0.3 is 12.0 Å². The van der Waals surface area contributed by atoms with Crippen LogP contribution in [0.4, 0.5) is 14.9 Å². The molecule has 4 rings (SSSR count). The number of carboxylic acid groups (broad SMARTS) is 1. The molecule has 9 nitrogen and oxygen atoms in total. The Labute approximate surface area is 207 Å². The van der Waals surface area contributed by atoms with Gasteiger partial charge in [0.25, 0.3) is 5.56 Å². The number of ether oxygens (including phenoxy) is 1. The van der Waals surface area contributed by atoms with Crippen molar-refractivity contribution in [2.24, 2.45) is 7.05 Å². The highest BCUT2D eigenvalue weighted by molar-refractivity contribution is 5.96. The number of carbonyl (C=O) groups is 2. The Hall–Kier alpha value is -4.21. The zero-order chi connectivity index (χ0) is 26.0. The van der Waals surface area contributed by atoms with Crippen LogP contribution in [0.2, 0.25) is 0 Å². The molecule has 0 aliphatic carbocycles. The van der Waals surface area contributed by atoms with E-state index in [1.54, 1.807) is 30.3 Å². The summed E-state index contributed by atoms with van der Waals surface area (Å²) in [4.78, 5) is 39.2. The second-order valence-corrected chi connectivity index (χ2v) is 8.79. The van der Waals surface area contributed by atoms with Gasteiger partial charge in [0.15, 0.2) is 5.75 Å². The minimum Gasteiger partial charge on any atom is -0.494 e. The summed E-state index contributed by atoms with van der Waals surface area (Å²) in [5.74, 6) is -1.23. The SMILES string of the molecule is COc1cnn(C)c(=O)c1-c1ccc(C[C@H](NC(=O)N2c3ccc(F)cc3CCC2C)C(=O)O)cc1. The fourth-order valence-electron chi connectivity index (χ4n) is 4.44. The molecule has 2 amide bonds. The summed E-state index contributed by atoms with van der Waals surface area (Å²) < 4.78 is 20.2. The number of anilines is 1. The molecule has 0 bridgehead atoms. The highest BCUT2D eigenvalue weighted by Crippen LogP contribution is 2.31. The van der Waals surface area contributed by atoms with Crippen molar-refractivity contribution < 1.29 is 23.8 Å². The van der Waals surface area contributed by atoms with Crippen molar-refractivity contribution >= 4 is 17.7 Å². The summed E-state index contributed by atoms with van der Waals surface area (Å²) in [6, 6.07) is 9.15. The number of carbonyl (C=O) groups excluding carboxylic acids is 1. The number of amides is 2. The predicted molar refractivity (Wildman–Crippen MR) is 132 cm³/mol. The van der Waals surface area contributed by atoms with Crippen LogP contribution in [0, 0.1) is 5.82 Å². The second-order valence-electron chi connectivity index (χ2n) is 8.79. The van der Waals surface area contributed by atoms with Gasteiger partial charge in [-0.15, -0.1) is 0 Å². The molecule has 2 aromatic carbocycles. The van der Waals surface area contributed by atoms with Crippen LogP contribution in [0.5, 0.6) is 5.75 Å². The van der Waals surface area contributed by atoms with Crippen molar-refractivity contribution in [3.8, 4) is 16.9 Å². The zero-order valence-corrected chi connectivity index (χ0v) is 20.2. The molecular formula is C26H27FN4O5. The number of methoxy groups -OCH3 is 1. The molecule has 0 fully saturated rings. The van der Waals surface area contributed by atoms with Crippen molar-refractivity contribution in [1.82, 2.24) is 15.1 Å². The monoisotopic (exact) mass is 494 g/mol. The number of hydrogen-bond acceptors (Lipinski definition) is 5. The van der Waals surface area contributed by atoms with Crippen LogP contribution in [0.1, 0.15) is 24.5 Å². The summed E-state index contributed by atoms with van der Waals surface area (Å²) >= 11 is 0. The number of nitrogens with one attached hydrogen (secondary N) is 1. The fourth-order valence-corrected chi connectivity index (χ4v) is 4.44. The van der Waals surface area contributed by atoms with Crippen LogP contribution < -0.4 is 20.5 Å². The zero-order valence-electron chi connectivity index (χ0n) is 20.2. The molecule has 2 heterocycles. The molecule has 10 heteroatoms. The number of rotatable bonds is 6. The van der Waals surface area contributed by atoms with E-state index in [0.717, 1.165) is 0 Å². The van der Waals surface area contributed by atoms with E-state index in [1.165, 1.54) is 42.1 Å². The van der Waals surface area contributed by atoms with Gasteiger partial charge < -0.3 is 15.2 Å². The summed E-state index contributed by atoms with van der Waals surface area (Å²) in [5.41, 5.74) is 2.57. The molecule has 0 radical (unpaired) electrons. The number of nitrogens with zero attached hydrogens (tertiary/aromatic N) is 3. The lowest BCUT2D eigenvalue weighted by Gasteiger charge is -2.36. The van der Waals surface area contributed by atoms with Gasteiger partial charge in [-0.25, -0.2) is 18.7 Å². The lowest BCUT2D eigenvalue weighted by Crippen LogP contribution is -2.53. The van der Waals surface area contributed by atoms with Gasteiger partial charge in [-0.1, -0.05) is 24.3 Å². The minimum absolute atomic E-state index is 0.0331. The normalized spacial score (nSPS) is 15.7. The predicted octanol–water partition coefficient (Wildman–Crippen LogP) is 3.14. The van der Waals surface area contributed by atoms with Crippen molar-refractivity contribution in [2.45, 2.75) is 38.3 Å². The topological polar surface area (TPSA) is 114 Å². The third-order valence-electron chi connectivity index (χ3n) is 6.39. The average molecular weight is 495 g/mol. The van der Waals surface area contributed by atoms with Gasteiger partial charge in [-0.2, -0.15) is 5.10 Å². The third-order valence-corrected chi connectivity index (χ3v) is 6.39. The standard InChI is InChI=1S/C26H27FN4O5/c1-15-4-7-18-13-19(27)10-11-21(18)31(15)26(35)29-20(25(33)34)12-16-5-8-17(9-6-16)23-22(36-3)14-28-30(2)24(23)32/h5-6,8-11,13-15,20H,4,7,12H2,1-3H3,(H,29,35)(H,33,34)/t15?,20-/m0/s1. The largest absolute Gasteiger partial charge is 0.494 e. The van der Waals surface area contributed by atoms with E-state index in [0.29, 0.717) is 46.5 Å². The first-order valence-corrected chi connectivity index (χ1v) is 11.5. The lowest BCUT2D eigenvalue weighted by atomic mass is 9.96. The van der Waals surface area contributed by atoms with E-state index >= 15 is 0 Å². The number of aryl methyl sites for hydroxylation is 2. The molecular weight excluding hydrogens is 467 g/mol.